The summed E-state index contributed by atoms with van der Waals surface area (Å²) in [4.78, 5) is 11.1. The fourth-order valence-corrected chi connectivity index (χ4v) is 1.12. The van der Waals surface area contributed by atoms with E-state index in [0.29, 0.717) is 0 Å². The Bertz CT molecular complexity index is 338. The molecule has 1 atom stereocenters. The van der Waals surface area contributed by atoms with Gasteiger partial charge in [-0.2, -0.15) is 0 Å². The van der Waals surface area contributed by atoms with Crippen molar-refractivity contribution in [3.8, 4) is 0 Å². The number of hydrogen-bond donors (Lipinski definition) is 1. The van der Waals surface area contributed by atoms with E-state index in [1.165, 1.54) is 7.11 Å². The molecular weight excluding hydrogens is 214 g/mol. The molecule has 4 heteroatoms. The number of rotatable bonds is 3. The van der Waals surface area contributed by atoms with Crippen molar-refractivity contribution in [1.82, 2.24) is 0 Å². The van der Waals surface area contributed by atoms with Crippen LogP contribution in [0.25, 0.3) is 0 Å². The van der Waals surface area contributed by atoms with E-state index in [2.05, 4.69) is 11.3 Å². The molecule has 0 amide bonds. The lowest BCUT2D eigenvalue weighted by atomic mass is 10.0. The van der Waals surface area contributed by atoms with Crippen LogP contribution in [0.4, 0.5) is 0 Å². The summed E-state index contributed by atoms with van der Waals surface area (Å²) < 4.78 is 4.54. The maximum absolute atomic E-state index is 11.1. The fourth-order valence-electron chi connectivity index (χ4n) is 1.12. The first-order chi connectivity index (χ1) is 6.66. The van der Waals surface area contributed by atoms with Crippen molar-refractivity contribution in [2.45, 2.75) is 6.04 Å². The summed E-state index contributed by atoms with van der Waals surface area (Å²) in [6.45, 7) is 3.60. The normalized spacial score (nSPS) is 11.1. The summed E-state index contributed by atoms with van der Waals surface area (Å²) in [5.74, 6) is -0.471. The van der Waals surface area contributed by atoms with Gasteiger partial charge in [0.25, 0.3) is 0 Å². The van der Waals surface area contributed by atoms with E-state index in [1.807, 2.05) is 30.3 Å². The molecule has 0 saturated carbocycles. The minimum absolute atomic E-state index is 0. The summed E-state index contributed by atoms with van der Waals surface area (Å²) >= 11 is 0. The molecule has 0 aliphatic heterocycles. The second-order valence-corrected chi connectivity index (χ2v) is 2.91. The third-order valence-corrected chi connectivity index (χ3v) is 1.98. The Labute approximate surface area is 95.3 Å². The van der Waals surface area contributed by atoms with E-state index >= 15 is 0 Å². The van der Waals surface area contributed by atoms with Gasteiger partial charge in [-0.25, -0.2) is 4.79 Å². The van der Waals surface area contributed by atoms with Crippen molar-refractivity contribution in [1.29, 1.82) is 0 Å². The lowest BCUT2D eigenvalue weighted by molar-refractivity contribution is -0.136. The summed E-state index contributed by atoms with van der Waals surface area (Å²) in [5.41, 5.74) is 6.93. The Hall–Kier alpha value is -1.32. The average Bonchev–Trinajstić information content (AvgIpc) is 2.27. The molecule has 0 heterocycles. The highest BCUT2D eigenvalue weighted by Gasteiger charge is 2.16. The second-order valence-electron chi connectivity index (χ2n) is 2.91. The molecule has 0 bridgehead atoms. The highest BCUT2D eigenvalue weighted by atomic mass is 35.5. The van der Waals surface area contributed by atoms with Crippen LogP contribution in [0.2, 0.25) is 0 Å². The highest BCUT2D eigenvalue weighted by Crippen LogP contribution is 2.17. The smallest absolute Gasteiger partial charge is 0.335 e. The van der Waals surface area contributed by atoms with Crippen molar-refractivity contribution >= 4 is 18.4 Å². The SMILES string of the molecule is C=C(C(=O)OC)[C@H](N)c1ccccc1.Cl. The number of benzene rings is 1. The molecule has 1 aromatic carbocycles. The molecule has 0 spiro atoms. The minimum Gasteiger partial charge on any atom is -0.466 e. The molecule has 0 aliphatic carbocycles. The van der Waals surface area contributed by atoms with Crippen molar-refractivity contribution in [2.75, 3.05) is 7.11 Å². The third-order valence-electron chi connectivity index (χ3n) is 1.98. The standard InChI is InChI=1S/C11H13NO2.ClH/c1-8(11(13)14-2)10(12)9-6-4-3-5-7-9;/h3-7,10H,1,12H2,2H3;1H/t10-;/m0./s1. The zero-order chi connectivity index (χ0) is 10.6. The molecular formula is C11H14ClNO2. The van der Waals surface area contributed by atoms with Gasteiger partial charge < -0.3 is 10.5 Å². The van der Waals surface area contributed by atoms with Gasteiger partial charge in [0.1, 0.15) is 0 Å². The number of ether oxygens (including phenoxy) is 1. The first kappa shape index (κ1) is 13.7. The van der Waals surface area contributed by atoms with Gasteiger partial charge in [-0.15, -0.1) is 12.4 Å². The van der Waals surface area contributed by atoms with E-state index in [-0.39, 0.29) is 18.0 Å². The lowest BCUT2D eigenvalue weighted by Crippen LogP contribution is -2.19. The molecule has 0 aromatic heterocycles. The molecule has 2 N–H and O–H groups in total. The van der Waals surface area contributed by atoms with Crippen LogP contribution in [0.3, 0.4) is 0 Å². The minimum atomic E-state index is -0.497. The number of esters is 1. The maximum atomic E-state index is 11.1. The van der Waals surface area contributed by atoms with E-state index in [1.54, 1.807) is 0 Å². The van der Waals surface area contributed by atoms with Gasteiger partial charge in [-0.05, 0) is 5.56 Å². The summed E-state index contributed by atoms with van der Waals surface area (Å²) in [5, 5.41) is 0. The Morgan fingerprint density at radius 1 is 1.40 bits per heavy atom. The number of hydrogen-bond acceptors (Lipinski definition) is 3. The average molecular weight is 228 g/mol. The first-order valence-electron chi connectivity index (χ1n) is 4.24. The zero-order valence-corrected chi connectivity index (χ0v) is 9.29. The molecule has 0 fully saturated rings. The molecule has 1 rings (SSSR count). The van der Waals surface area contributed by atoms with E-state index in [0.717, 1.165) is 5.56 Å². The van der Waals surface area contributed by atoms with Gasteiger partial charge in [-0.3, -0.25) is 0 Å². The van der Waals surface area contributed by atoms with E-state index in [9.17, 15) is 4.79 Å². The van der Waals surface area contributed by atoms with Gasteiger partial charge in [0.15, 0.2) is 0 Å². The molecule has 0 unspecified atom stereocenters. The zero-order valence-electron chi connectivity index (χ0n) is 8.47. The van der Waals surface area contributed by atoms with Crippen LogP contribution in [0.5, 0.6) is 0 Å². The van der Waals surface area contributed by atoms with Crippen molar-refractivity contribution in [3.63, 3.8) is 0 Å². The quantitative estimate of drug-likeness (QED) is 0.633. The first-order valence-corrected chi connectivity index (χ1v) is 4.24. The van der Waals surface area contributed by atoms with Gasteiger partial charge in [0.2, 0.25) is 0 Å². The van der Waals surface area contributed by atoms with E-state index in [4.69, 9.17) is 5.73 Å². The van der Waals surface area contributed by atoms with Gasteiger partial charge in [0, 0.05) is 0 Å². The number of carbonyl (C=O) groups excluding carboxylic acids is 1. The number of nitrogens with two attached hydrogens (primary N) is 1. The molecule has 1 aromatic rings. The van der Waals surface area contributed by atoms with Crippen LogP contribution in [-0.4, -0.2) is 13.1 Å². The molecule has 82 valence electrons. The van der Waals surface area contributed by atoms with Gasteiger partial charge >= 0.3 is 5.97 Å². The molecule has 0 aliphatic rings. The van der Waals surface area contributed by atoms with Crippen molar-refractivity contribution in [3.05, 3.63) is 48.0 Å². The second kappa shape index (κ2) is 6.22. The number of halogens is 1. The van der Waals surface area contributed by atoms with E-state index < -0.39 is 12.0 Å². The summed E-state index contributed by atoms with van der Waals surface area (Å²) in [6, 6.07) is 8.80. The molecule has 0 saturated heterocycles. The Morgan fingerprint density at radius 2 is 1.93 bits per heavy atom. The molecule has 3 nitrogen and oxygen atoms in total. The predicted molar refractivity (Wildman–Crippen MR) is 61.8 cm³/mol. The highest BCUT2D eigenvalue weighted by molar-refractivity contribution is 5.89. The van der Waals surface area contributed by atoms with Gasteiger partial charge in [0.05, 0.1) is 18.7 Å². The Morgan fingerprint density at radius 3 is 2.40 bits per heavy atom. The summed E-state index contributed by atoms with van der Waals surface area (Å²) in [6.07, 6.45) is 0. The topological polar surface area (TPSA) is 52.3 Å². The van der Waals surface area contributed by atoms with Crippen LogP contribution in [0, 0.1) is 0 Å². The van der Waals surface area contributed by atoms with Gasteiger partial charge in [-0.1, -0.05) is 36.9 Å². The fraction of sp³-hybridized carbons (Fsp3) is 0.182. The lowest BCUT2D eigenvalue weighted by Gasteiger charge is -2.12. The Kier molecular flexibility index (Phi) is 5.67. The van der Waals surface area contributed by atoms with Crippen molar-refractivity contribution < 1.29 is 9.53 Å². The van der Waals surface area contributed by atoms with Crippen molar-refractivity contribution in [2.24, 2.45) is 5.73 Å². The summed E-state index contributed by atoms with van der Waals surface area (Å²) in [7, 11) is 1.31. The molecule has 0 radical (unpaired) electrons. The van der Waals surface area contributed by atoms with Crippen LogP contribution < -0.4 is 5.73 Å². The van der Waals surface area contributed by atoms with Crippen LogP contribution >= 0.6 is 12.4 Å². The van der Waals surface area contributed by atoms with Crippen LogP contribution in [-0.2, 0) is 9.53 Å². The molecule has 15 heavy (non-hydrogen) atoms. The third kappa shape index (κ3) is 3.38. The largest absolute Gasteiger partial charge is 0.466 e. The van der Waals surface area contributed by atoms with Crippen LogP contribution in [0.1, 0.15) is 11.6 Å². The predicted octanol–water partition coefficient (Wildman–Crippen LogP) is 1.84. The van der Waals surface area contributed by atoms with Crippen LogP contribution in [0.15, 0.2) is 42.5 Å². The maximum Gasteiger partial charge on any atom is 0.335 e. The monoisotopic (exact) mass is 227 g/mol. The number of methoxy groups -OCH3 is 1. The Balaban J connectivity index is 0.00000196. The number of carbonyl (C=O) groups is 1.